The van der Waals surface area contributed by atoms with Crippen molar-refractivity contribution in [2.75, 3.05) is 33.3 Å². The molecule has 0 aromatic rings. The highest BCUT2D eigenvalue weighted by Crippen LogP contribution is 2.18. The minimum atomic E-state index is -0.0488. The summed E-state index contributed by atoms with van der Waals surface area (Å²) < 4.78 is 5.08. The molecule has 20 heavy (non-hydrogen) atoms. The molecule has 1 rings (SSSR count). The van der Waals surface area contributed by atoms with Gasteiger partial charge in [0.05, 0.1) is 12.5 Å². The average Bonchev–Trinajstić information content (AvgIpc) is 2.40. The molecule has 0 atom stereocenters. The van der Waals surface area contributed by atoms with Gasteiger partial charge in [-0.2, -0.15) is 0 Å². The number of ether oxygens (including phenoxy) is 1. The summed E-state index contributed by atoms with van der Waals surface area (Å²) in [5.41, 5.74) is 0. The van der Waals surface area contributed by atoms with Crippen molar-refractivity contribution in [1.82, 2.24) is 10.2 Å². The molecule has 0 spiro atoms. The Morgan fingerprint density at radius 1 is 1.40 bits per heavy atom. The summed E-state index contributed by atoms with van der Waals surface area (Å²) >= 11 is 0. The van der Waals surface area contributed by atoms with Crippen LogP contribution in [0.1, 0.15) is 33.6 Å². The van der Waals surface area contributed by atoms with Crippen LogP contribution in [0.5, 0.6) is 0 Å². The van der Waals surface area contributed by atoms with Crippen LogP contribution in [0.3, 0.4) is 0 Å². The van der Waals surface area contributed by atoms with Gasteiger partial charge in [-0.25, -0.2) is 0 Å². The highest BCUT2D eigenvalue weighted by atomic mass is 127. The number of guanidine groups is 1. The Hall–Kier alpha value is -0.530. The fraction of sp³-hybridized carbons (Fsp3) is 0.857. The molecule has 118 valence electrons. The molecule has 1 aliphatic heterocycles. The van der Waals surface area contributed by atoms with Crippen LogP contribution >= 0.6 is 24.0 Å². The lowest BCUT2D eigenvalue weighted by molar-refractivity contribution is -0.149. The second kappa shape index (κ2) is 10.2. The predicted octanol–water partition coefficient (Wildman–Crippen LogP) is 2.11. The van der Waals surface area contributed by atoms with E-state index in [1.54, 1.807) is 7.05 Å². The van der Waals surface area contributed by atoms with Crippen LogP contribution in [0.2, 0.25) is 0 Å². The van der Waals surface area contributed by atoms with Gasteiger partial charge in [0, 0.05) is 26.7 Å². The summed E-state index contributed by atoms with van der Waals surface area (Å²) in [6, 6.07) is 0. The van der Waals surface area contributed by atoms with E-state index in [2.05, 4.69) is 29.1 Å². The van der Waals surface area contributed by atoms with Gasteiger partial charge in [0.15, 0.2) is 5.96 Å². The van der Waals surface area contributed by atoms with Gasteiger partial charge in [0.25, 0.3) is 0 Å². The van der Waals surface area contributed by atoms with Gasteiger partial charge >= 0.3 is 5.97 Å². The van der Waals surface area contributed by atoms with Crippen molar-refractivity contribution in [2.45, 2.75) is 33.6 Å². The summed E-state index contributed by atoms with van der Waals surface area (Å²) in [5, 5.41) is 3.37. The number of nitrogens with zero attached hydrogens (tertiary/aromatic N) is 2. The minimum Gasteiger partial charge on any atom is -0.466 e. The fourth-order valence-corrected chi connectivity index (χ4v) is 2.21. The van der Waals surface area contributed by atoms with Crippen LogP contribution in [0.4, 0.5) is 0 Å². The smallest absolute Gasteiger partial charge is 0.309 e. The Labute approximate surface area is 139 Å². The zero-order valence-corrected chi connectivity index (χ0v) is 15.3. The highest BCUT2D eigenvalue weighted by Gasteiger charge is 2.27. The van der Waals surface area contributed by atoms with Crippen molar-refractivity contribution >= 4 is 35.9 Å². The predicted molar refractivity (Wildman–Crippen MR) is 92.5 cm³/mol. The van der Waals surface area contributed by atoms with Crippen molar-refractivity contribution in [2.24, 2.45) is 16.8 Å². The first-order chi connectivity index (χ1) is 9.08. The highest BCUT2D eigenvalue weighted by molar-refractivity contribution is 14.0. The van der Waals surface area contributed by atoms with E-state index in [0.29, 0.717) is 12.5 Å². The monoisotopic (exact) mass is 397 g/mol. The number of hydrogen-bond donors (Lipinski definition) is 1. The van der Waals surface area contributed by atoms with Crippen molar-refractivity contribution in [1.29, 1.82) is 0 Å². The first kappa shape index (κ1) is 19.5. The van der Waals surface area contributed by atoms with Crippen LogP contribution in [0, 0.1) is 11.8 Å². The molecule has 0 aromatic carbocycles. The number of rotatable bonds is 4. The number of carbonyl (C=O) groups is 1. The number of piperidine rings is 1. The third-order valence-corrected chi connectivity index (χ3v) is 3.29. The van der Waals surface area contributed by atoms with Crippen molar-refractivity contribution in [3.63, 3.8) is 0 Å². The summed E-state index contributed by atoms with van der Waals surface area (Å²) in [7, 11) is 1.81. The first-order valence-electron chi connectivity index (χ1n) is 7.20. The molecule has 1 N–H and O–H groups in total. The quantitative estimate of drug-likeness (QED) is 0.342. The molecule has 1 heterocycles. The number of aliphatic imine (C=N–C) groups is 1. The molecule has 0 unspecified atom stereocenters. The van der Waals surface area contributed by atoms with Crippen LogP contribution < -0.4 is 5.32 Å². The number of hydrogen-bond acceptors (Lipinski definition) is 3. The topological polar surface area (TPSA) is 53.9 Å². The summed E-state index contributed by atoms with van der Waals surface area (Å²) in [6.07, 6.45) is 1.70. The van der Waals surface area contributed by atoms with E-state index in [0.717, 1.165) is 38.4 Å². The van der Waals surface area contributed by atoms with Gasteiger partial charge in [0.1, 0.15) is 0 Å². The zero-order chi connectivity index (χ0) is 14.3. The van der Waals surface area contributed by atoms with Gasteiger partial charge in [-0.3, -0.25) is 9.79 Å². The second-order valence-corrected chi connectivity index (χ2v) is 5.34. The van der Waals surface area contributed by atoms with Gasteiger partial charge in [-0.1, -0.05) is 13.8 Å². The Morgan fingerprint density at radius 3 is 2.45 bits per heavy atom. The summed E-state index contributed by atoms with van der Waals surface area (Å²) in [6.45, 7) is 9.31. The molecule has 0 saturated carbocycles. The fourth-order valence-electron chi connectivity index (χ4n) is 2.21. The van der Waals surface area contributed by atoms with Crippen LogP contribution in [-0.2, 0) is 9.53 Å². The van der Waals surface area contributed by atoms with E-state index in [-0.39, 0.29) is 35.9 Å². The zero-order valence-electron chi connectivity index (χ0n) is 13.0. The molecule has 0 amide bonds. The molecule has 1 fully saturated rings. The van der Waals surface area contributed by atoms with Crippen LogP contribution in [0.25, 0.3) is 0 Å². The molecule has 5 nitrogen and oxygen atoms in total. The lowest BCUT2D eigenvalue weighted by Gasteiger charge is -2.33. The van der Waals surface area contributed by atoms with Gasteiger partial charge in [-0.05, 0) is 25.7 Å². The van der Waals surface area contributed by atoms with Crippen molar-refractivity contribution in [3.05, 3.63) is 0 Å². The maximum Gasteiger partial charge on any atom is 0.309 e. The molecular formula is C14H28IN3O2. The van der Waals surface area contributed by atoms with E-state index >= 15 is 0 Å². The van der Waals surface area contributed by atoms with Crippen LogP contribution in [-0.4, -0.2) is 50.1 Å². The number of esters is 1. The average molecular weight is 397 g/mol. The van der Waals surface area contributed by atoms with E-state index in [9.17, 15) is 4.79 Å². The van der Waals surface area contributed by atoms with Gasteiger partial charge < -0.3 is 15.0 Å². The number of nitrogens with one attached hydrogen (secondary N) is 1. The third kappa shape index (κ3) is 6.28. The van der Waals surface area contributed by atoms with Gasteiger partial charge in [-0.15, -0.1) is 24.0 Å². The SMILES string of the molecule is CCOC(=O)C1CCN(C(=NC)NCC(C)C)CC1.I. The Morgan fingerprint density at radius 2 is 2.00 bits per heavy atom. The lowest BCUT2D eigenvalue weighted by atomic mass is 9.97. The molecule has 1 saturated heterocycles. The molecule has 0 bridgehead atoms. The molecule has 1 aliphatic rings. The number of halogens is 1. The standard InChI is InChI=1S/C14H27N3O2.HI/c1-5-19-13(18)12-6-8-17(9-7-12)14(15-4)16-10-11(2)3;/h11-12H,5-10H2,1-4H3,(H,15,16);1H. The number of likely N-dealkylation sites (tertiary alicyclic amines) is 1. The van der Waals surface area contributed by atoms with Crippen LogP contribution in [0.15, 0.2) is 4.99 Å². The normalized spacial score (nSPS) is 16.9. The van der Waals surface area contributed by atoms with Crippen molar-refractivity contribution in [3.8, 4) is 0 Å². The first-order valence-corrected chi connectivity index (χ1v) is 7.20. The molecule has 0 aliphatic carbocycles. The lowest BCUT2D eigenvalue weighted by Crippen LogP contribution is -2.47. The molecule has 6 heteroatoms. The summed E-state index contributed by atoms with van der Waals surface area (Å²) in [4.78, 5) is 18.2. The third-order valence-electron chi connectivity index (χ3n) is 3.29. The largest absolute Gasteiger partial charge is 0.466 e. The van der Waals surface area contributed by atoms with E-state index in [4.69, 9.17) is 4.74 Å². The summed E-state index contributed by atoms with van der Waals surface area (Å²) in [5.74, 6) is 1.54. The van der Waals surface area contributed by atoms with E-state index < -0.39 is 0 Å². The van der Waals surface area contributed by atoms with E-state index in [1.807, 2.05) is 6.92 Å². The maximum atomic E-state index is 11.7. The van der Waals surface area contributed by atoms with E-state index in [1.165, 1.54) is 0 Å². The number of carbonyl (C=O) groups excluding carboxylic acids is 1. The molecule has 0 radical (unpaired) electrons. The molecule has 0 aromatic heterocycles. The Kier molecular flexibility index (Phi) is 9.96. The van der Waals surface area contributed by atoms with Crippen molar-refractivity contribution < 1.29 is 9.53 Å². The second-order valence-electron chi connectivity index (χ2n) is 5.34. The van der Waals surface area contributed by atoms with Gasteiger partial charge in [0.2, 0.25) is 0 Å². The molecular weight excluding hydrogens is 369 g/mol. The maximum absolute atomic E-state index is 11.7. The Balaban J connectivity index is 0.00000361. The Bertz CT molecular complexity index is 314. The minimum absolute atomic E-state index is 0.